The lowest BCUT2D eigenvalue weighted by Crippen LogP contribution is -2.27. The molecule has 1 heterocycles. The van der Waals surface area contributed by atoms with Crippen LogP contribution in [0.5, 0.6) is 5.75 Å². The van der Waals surface area contributed by atoms with Crippen LogP contribution in [0, 0.1) is 6.92 Å². The molecule has 0 aliphatic carbocycles. The number of fused-ring (bicyclic) bond motifs is 1. The molecule has 0 spiro atoms. The van der Waals surface area contributed by atoms with E-state index in [4.69, 9.17) is 18.6 Å². The van der Waals surface area contributed by atoms with Crippen LogP contribution in [0.25, 0.3) is 11.0 Å². The number of ether oxygens (including phenoxy) is 3. The molecule has 2 rings (SSSR count). The van der Waals surface area contributed by atoms with Gasteiger partial charge in [0.2, 0.25) is 0 Å². The van der Waals surface area contributed by atoms with Crippen molar-refractivity contribution in [2.45, 2.75) is 40.2 Å². The fourth-order valence-corrected chi connectivity index (χ4v) is 2.26. The molecular formula is C18H22O6. The van der Waals surface area contributed by atoms with Gasteiger partial charge in [-0.1, -0.05) is 0 Å². The Hall–Kier alpha value is -2.50. The maximum atomic E-state index is 12.1. The minimum Gasteiger partial charge on any atom is -0.482 e. The Morgan fingerprint density at radius 1 is 1.21 bits per heavy atom. The molecule has 130 valence electrons. The summed E-state index contributed by atoms with van der Waals surface area (Å²) in [4.78, 5) is 23.8. The van der Waals surface area contributed by atoms with Crippen molar-refractivity contribution in [2.75, 3.05) is 13.2 Å². The Morgan fingerprint density at radius 2 is 1.92 bits per heavy atom. The minimum atomic E-state index is -0.566. The lowest BCUT2D eigenvalue weighted by molar-refractivity contribution is -0.157. The van der Waals surface area contributed by atoms with E-state index in [0.717, 1.165) is 0 Å². The first-order chi connectivity index (χ1) is 11.2. The number of rotatable bonds is 5. The van der Waals surface area contributed by atoms with Crippen LogP contribution in [0.15, 0.2) is 22.6 Å². The van der Waals surface area contributed by atoms with Crippen molar-refractivity contribution in [1.82, 2.24) is 0 Å². The van der Waals surface area contributed by atoms with E-state index in [9.17, 15) is 9.59 Å². The maximum absolute atomic E-state index is 12.1. The van der Waals surface area contributed by atoms with Crippen LogP contribution in [0.4, 0.5) is 0 Å². The van der Waals surface area contributed by atoms with Crippen molar-refractivity contribution in [3.05, 3.63) is 29.5 Å². The molecule has 2 aromatic rings. The molecule has 0 amide bonds. The Morgan fingerprint density at radius 3 is 2.54 bits per heavy atom. The molecule has 0 unspecified atom stereocenters. The fourth-order valence-electron chi connectivity index (χ4n) is 2.26. The summed E-state index contributed by atoms with van der Waals surface area (Å²) in [5.74, 6) is 0.0158. The highest BCUT2D eigenvalue weighted by Crippen LogP contribution is 2.29. The van der Waals surface area contributed by atoms with Gasteiger partial charge >= 0.3 is 11.9 Å². The van der Waals surface area contributed by atoms with E-state index in [1.54, 1.807) is 52.8 Å². The van der Waals surface area contributed by atoms with Gasteiger partial charge in [0.15, 0.2) is 6.61 Å². The van der Waals surface area contributed by atoms with Gasteiger partial charge < -0.3 is 18.6 Å². The fraction of sp³-hybridized carbons (Fsp3) is 0.444. The monoisotopic (exact) mass is 334 g/mol. The quantitative estimate of drug-likeness (QED) is 0.777. The predicted molar refractivity (Wildman–Crippen MR) is 88.2 cm³/mol. The Kier molecular flexibility index (Phi) is 5.17. The van der Waals surface area contributed by atoms with Crippen LogP contribution < -0.4 is 4.74 Å². The van der Waals surface area contributed by atoms with Gasteiger partial charge in [-0.25, -0.2) is 9.59 Å². The van der Waals surface area contributed by atoms with E-state index in [2.05, 4.69) is 0 Å². The number of hydrogen-bond acceptors (Lipinski definition) is 6. The third-order valence-electron chi connectivity index (χ3n) is 3.09. The van der Waals surface area contributed by atoms with Gasteiger partial charge in [0.1, 0.15) is 28.3 Å². The van der Waals surface area contributed by atoms with Gasteiger partial charge in [-0.3, -0.25) is 0 Å². The zero-order chi connectivity index (χ0) is 17.9. The smallest absolute Gasteiger partial charge is 0.344 e. The first-order valence-electron chi connectivity index (χ1n) is 7.76. The highest BCUT2D eigenvalue weighted by Gasteiger charge is 2.20. The molecule has 0 aliphatic heterocycles. The molecule has 1 aromatic carbocycles. The molecule has 0 N–H and O–H groups in total. The van der Waals surface area contributed by atoms with Crippen LogP contribution in [0.1, 0.15) is 43.8 Å². The van der Waals surface area contributed by atoms with Crippen LogP contribution in [-0.4, -0.2) is 30.8 Å². The summed E-state index contributed by atoms with van der Waals surface area (Å²) >= 11 is 0. The van der Waals surface area contributed by atoms with E-state index < -0.39 is 17.5 Å². The third kappa shape index (κ3) is 4.28. The second-order valence-electron chi connectivity index (χ2n) is 6.29. The number of furan rings is 1. The van der Waals surface area contributed by atoms with Crippen LogP contribution in [0.2, 0.25) is 0 Å². The third-order valence-corrected chi connectivity index (χ3v) is 3.09. The lowest BCUT2D eigenvalue weighted by atomic mass is 10.1. The molecular weight excluding hydrogens is 312 g/mol. The number of benzene rings is 1. The Bertz CT molecular complexity index is 751. The van der Waals surface area contributed by atoms with Gasteiger partial charge in [-0.2, -0.15) is 0 Å². The van der Waals surface area contributed by atoms with Crippen molar-refractivity contribution in [2.24, 2.45) is 0 Å². The average Bonchev–Trinajstić information content (AvgIpc) is 2.78. The highest BCUT2D eigenvalue weighted by molar-refractivity contribution is 6.04. The number of aryl methyl sites for hydroxylation is 1. The summed E-state index contributed by atoms with van der Waals surface area (Å²) in [5, 5.41) is 0.590. The Balaban J connectivity index is 2.20. The zero-order valence-corrected chi connectivity index (χ0v) is 14.6. The van der Waals surface area contributed by atoms with Crippen molar-refractivity contribution in [1.29, 1.82) is 0 Å². The predicted octanol–water partition coefficient (Wildman–Crippen LogP) is 3.64. The van der Waals surface area contributed by atoms with E-state index in [1.807, 2.05) is 0 Å². The van der Waals surface area contributed by atoms with Gasteiger partial charge in [0.05, 0.1) is 6.61 Å². The summed E-state index contributed by atoms with van der Waals surface area (Å²) < 4.78 is 21.3. The minimum absolute atomic E-state index is 0.214. The molecule has 0 bridgehead atoms. The largest absolute Gasteiger partial charge is 0.482 e. The molecule has 0 fully saturated rings. The van der Waals surface area contributed by atoms with Crippen molar-refractivity contribution >= 4 is 22.9 Å². The summed E-state index contributed by atoms with van der Waals surface area (Å²) in [6.07, 6.45) is 0. The topological polar surface area (TPSA) is 75.0 Å². The van der Waals surface area contributed by atoms with Crippen molar-refractivity contribution < 1.29 is 28.2 Å². The SMILES string of the molecule is CCOC(=O)c1c(C)oc2ccc(OCC(=O)OC(C)(C)C)cc12. The van der Waals surface area contributed by atoms with Gasteiger partial charge in [-0.05, 0) is 52.8 Å². The van der Waals surface area contributed by atoms with E-state index in [-0.39, 0.29) is 13.2 Å². The van der Waals surface area contributed by atoms with Gasteiger partial charge in [-0.15, -0.1) is 0 Å². The van der Waals surface area contributed by atoms with Gasteiger partial charge in [0.25, 0.3) is 0 Å². The molecule has 6 heteroatoms. The number of carbonyl (C=O) groups excluding carboxylic acids is 2. The maximum Gasteiger partial charge on any atom is 0.344 e. The molecule has 0 aliphatic rings. The van der Waals surface area contributed by atoms with E-state index in [0.29, 0.717) is 28.0 Å². The summed E-state index contributed by atoms with van der Waals surface area (Å²) in [6, 6.07) is 5.02. The normalized spacial score (nSPS) is 11.4. The van der Waals surface area contributed by atoms with E-state index >= 15 is 0 Å². The molecule has 0 saturated carbocycles. The number of carbonyl (C=O) groups is 2. The second-order valence-corrected chi connectivity index (χ2v) is 6.29. The average molecular weight is 334 g/mol. The molecule has 24 heavy (non-hydrogen) atoms. The molecule has 0 atom stereocenters. The summed E-state index contributed by atoms with van der Waals surface area (Å²) in [6.45, 7) is 8.87. The van der Waals surface area contributed by atoms with Crippen molar-refractivity contribution in [3.63, 3.8) is 0 Å². The Labute approximate surface area is 140 Å². The van der Waals surface area contributed by atoms with Gasteiger partial charge in [0, 0.05) is 5.39 Å². The zero-order valence-electron chi connectivity index (χ0n) is 14.6. The number of esters is 2. The second kappa shape index (κ2) is 6.95. The first-order valence-corrected chi connectivity index (χ1v) is 7.76. The number of hydrogen-bond donors (Lipinski definition) is 0. The molecule has 1 aromatic heterocycles. The lowest BCUT2D eigenvalue weighted by Gasteiger charge is -2.19. The molecule has 0 radical (unpaired) electrons. The van der Waals surface area contributed by atoms with Crippen molar-refractivity contribution in [3.8, 4) is 5.75 Å². The first kappa shape index (κ1) is 17.8. The summed E-state index contributed by atoms with van der Waals surface area (Å²) in [5.41, 5.74) is 0.359. The molecule has 6 nitrogen and oxygen atoms in total. The van der Waals surface area contributed by atoms with Crippen LogP contribution in [-0.2, 0) is 14.3 Å². The highest BCUT2D eigenvalue weighted by atomic mass is 16.6. The van der Waals surface area contributed by atoms with Crippen LogP contribution in [0.3, 0.4) is 0 Å². The standard InChI is InChI=1S/C18H22O6/c1-6-21-17(20)16-11(2)23-14-8-7-12(9-13(14)16)22-10-15(19)24-18(3,4)5/h7-9H,6,10H2,1-5H3. The summed E-state index contributed by atoms with van der Waals surface area (Å²) in [7, 11) is 0. The van der Waals surface area contributed by atoms with E-state index in [1.165, 1.54) is 0 Å². The van der Waals surface area contributed by atoms with Crippen LogP contribution >= 0.6 is 0 Å². The molecule has 0 saturated heterocycles.